The van der Waals surface area contributed by atoms with Gasteiger partial charge in [-0.3, -0.25) is 4.79 Å². The van der Waals surface area contributed by atoms with Crippen molar-refractivity contribution in [3.8, 4) is 5.75 Å². The first-order valence-electron chi connectivity index (χ1n) is 5.84. The standard InChI is InChI=1S/C13H16N2O3/c1-9-14-11-8-10(18-2)5-6-12(11)15(9)7-3-4-13(16)17/h5-6,8H,3-4,7H2,1-2H3,(H,16,17). The average molecular weight is 248 g/mol. The average Bonchev–Trinajstić information content (AvgIpc) is 2.64. The molecule has 0 fully saturated rings. The number of nitrogens with zero attached hydrogens (tertiary/aromatic N) is 2. The topological polar surface area (TPSA) is 64.4 Å². The van der Waals surface area contributed by atoms with Crippen LogP contribution in [0.2, 0.25) is 0 Å². The van der Waals surface area contributed by atoms with Gasteiger partial charge in [-0.1, -0.05) is 0 Å². The highest BCUT2D eigenvalue weighted by atomic mass is 16.5. The predicted molar refractivity (Wildman–Crippen MR) is 67.9 cm³/mol. The number of aromatic nitrogens is 2. The quantitative estimate of drug-likeness (QED) is 0.881. The number of rotatable bonds is 5. The molecular formula is C13H16N2O3. The molecule has 0 aliphatic rings. The molecule has 0 saturated carbocycles. The van der Waals surface area contributed by atoms with E-state index in [0.29, 0.717) is 13.0 Å². The summed E-state index contributed by atoms with van der Waals surface area (Å²) in [6.07, 6.45) is 0.781. The second kappa shape index (κ2) is 5.08. The molecule has 0 radical (unpaired) electrons. The number of aliphatic carboxylic acids is 1. The Kier molecular flexibility index (Phi) is 3.50. The maximum atomic E-state index is 10.5. The summed E-state index contributed by atoms with van der Waals surface area (Å²) in [4.78, 5) is 15.0. The number of hydrogen-bond donors (Lipinski definition) is 1. The summed E-state index contributed by atoms with van der Waals surface area (Å²) in [5.74, 6) is 0.903. The molecule has 5 heteroatoms. The van der Waals surface area contributed by atoms with E-state index in [1.807, 2.05) is 29.7 Å². The highest BCUT2D eigenvalue weighted by Gasteiger charge is 2.08. The molecule has 2 rings (SSSR count). The van der Waals surface area contributed by atoms with Crippen LogP contribution in [0.1, 0.15) is 18.7 Å². The van der Waals surface area contributed by atoms with Crippen LogP contribution in [0.4, 0.5) is 0 Å². The van der Waals surface area contributed by atoms with E-state index in [1.54, 1.807) is 7.11 Å². The fourth-order valence-corrected chi connectivity index (χ4v) is 2.03. The van der Waals surface area contributed by atoms with Crippen LogP contribution in [0.15, 0.2) is 18.2 Å². The summed E-state index contributed by atoms with van der Waals surface area (Å²) in [5.41, 5.74) is 1.89. The van der Waals surface area contributed by atoms with Crippen molar-refractivity contribution in [2.75, 3.05) is 7.11 Å². The van der Waals surface area contributed by atoms with Crippen molar-refractivity contribution in [2.45, 2.75) is 26.3 Å². The molecule has 1 N–H and O–H groups in total. The third-order valence-corrected chi connectivity index (χ3v) is 2.92. The molecule has 2 aromatic rings. The molecule has 1 heterocycles. The van der Waals surface area contributed by atoms with E-state index >= 15 is 0 Å². The van der Waals surface area contributed by atoms with Gasteiger partial charge in [-0.15, -0.1) is 0 Å². The number of carboxylic acid groups (broad SMARTS) is 1. The number of carboxylic acids is 1. The summed E-state index contributed by atoms with van der Waals surface area (Å²) >= 11 is 0. The van der Waals surface area contributed by atoms with Crippen LogP contribution < -0.4 is 4.74 Å². The zero-order chi connectivity index (χ0) is 13.1. The van der Waals surface area contributed by atoms with Crippen LogP contribution in [0.25, 0.3) is 11.0 Å². The van der Waals surface area contributed by atoms with Crippen molar-refractivity contribution < 1.29 is 14.6 Å². The maximum Gasteiger partial charge on any atom is 0.303 e. The number of aryl methyl sites for hydroxylation is 2. The lowest BCUT2D eigenvalue weighted by molar-refractivity contribution is -0.137. The fourth-order valence-electron chi connectivity index (χ4n) is 2.03. The zero-order valence-corrected chi connectivity index (χ0v) is 10.5. The van der Waals surface area contributed by atoms with E-state index in [0.717, 1.165) is 22.6 Å². The van der Waals surface area contributed by atoms with E-state index in [4.69, 9.17) is 9.84 Å². The molecule has 1 aromatic heterocycles. The van der Waals surface area contributed by atoms with Crippen molar-refractivity contribution in [1.82, 2.24) is 9.55 Å². The number of hydrogen-bond acceptors (Lipinski definition) is 3. The van der Waals surface area contributed by atoms with Gasteiger partial charge in [0.15, 0.2) is 0 Å². The number of imidazole rings is 1. The molecule has 0 bridgehead atoms. The van der Waals surface area contributed by atoms with Crippen molar-refractivity contribution in [3.05, 3.63) is 24.0 Å². The first-order valence-corrected chi connectivity index (χ1v) is 5.84. The van der Waals surface area contributed by atoms with Gasteiger partial charge in [0.05, 0.1) is 18.1 Å². The highest BCUT2D eigenvalue weighted by molar-refractivity contribution is 5.77. The second-order valence-corrected chi connectivity index (χ2v) is 4.16. The van der Waals surface area contributed by atoms with Gasteiger partial charge < -0.3 is 14.4 Å². The van der Waals surface area contributed by atoms with Gasteiger partial charge in [0.2, 0.25) is 0 Å². The Bertz CT molecular complexity index is 575. The van der Waals surface area contributed by atoms with Crippen LogP contribution in [-0.4, -0.2) is 27.7 Å². The summed E-state index contributed by atoms with van der Waals surface area (Å²) < 4.78 is 7.20. The largest absolute Gasteiger partial charge is 0.497 e. The van der Waals surface area contributed by atoms with Crippen molar-refractivity contribution in [2.24, 2.45) is 0 Å². The number of methoxy groups -OCH3 is 1. The van der Waals surface area contributed by atoms with Crippen LogP contribution in [0.5, 0.6) is 5.75 Å². The molecule has 1 aromatic carbocycles. The molecule has 0 saturated heterocycles. The lowest BCUT2D eigenvalue weighted by Gasteiger charge is -2.05. The monoisotopic (exact) mass is 248 g/mol. The molecule has 0 aliphatic heterocycles. The fraction of sp³-hybridized carbons (Fsp3) is 0.385. The number of benzene rings is 1. The normalized spacial score (nSPS) is 10.8. The van der Waals surface area contributed by atoms with Gasteiger partial charge in [0.25, 0.3) is 0 Å². The van der Waals surface area contributed by atoms with Crippen LogP contribution >= 0.6 is 0 Å². The third-order valence-electron chi connectivity index (χ3n) is 2.92. The maximum absolute atomic E-state index is 10.5. The molecule has 0 aliphatic carbocycles. The van der Waals surface area contributed by atoms with Gasteiger partial charge in [-0.05, 0) is 25.5 Å². The van der Waals surface area contributed by atoms with Gasteiger partial charge in [-0.2, -0.15) is 0 Å². The van der Waals surface area contributed by atoms with E-state index in [2.05, 4.69) is 4.98 Å². The lowest BCUT2D eigenvalue weighted by Crippen LogP contribution is -2.03. The summed E-state index contributed by atoms with van der Waals surface area (Å²) in [5, 5.41) is 8.65. The molecular weight excluding hydrogens is 232 g/mol. The smallest absolute Gasteiger partial charge is 0.303 e. The molecule has 96 valence electrons. The van der Waals surface area contributed by atoms with E-state index in [-0.39, 0.29) is 6.42 Å². The van der Waals surface area contributed by atoms with E-state index in [1.165, 1.54) is 0 Å². The number of ether oxygens (including phenoxy) is 1. The number of fused-ring (bicyclic) bond motifs is 1. The Morgan fingerprint density at radius 1 is 1.50 bits per heavy atom. The highest BCUT2D eigenvalue weighted by Crippen LogP contribution is 2.21. The summed E-state index contributed by atoms with van der Waals surface area (Å²) in [7, 11) is 1.62. The van der Waals surface area contributed by atoms with Gasteiger partial charge >= 0.3 is 5.97 Å². The second-order valence-electron chi connectivity index (χ2n) is 4.16. The SMILES string of the molecule is COc1ccc2c(c1)nc(C)n2CCCC(=O)O. The van der Waals surface area contributed by atoms with Crippen LogP contribution in [0, 0.1) is 6.92 Å². The molecule has 0 spiro atoms. The minimum atomic E-state index is -0.765. The molecule has 0 amide bonds. The lowest BCUT2D eigenvalue weighted by atomic mass is 10.2. The Balaban J connectivity index is 2.27. The number of carbonyl (C=O) groups is 1. The summed E-state index contributed by atoms with van der Waals surface area (Å²) in [6, 6.07) is 5.72. The Hall–Kier alpha value is -2.04. The summed E-state index contributed by atoms with van der Waals surface area (Å²) in [6.45, 7) is 2.59. The first kappa shape index (κ1) is 12.4. The molecule has 0 unspecified atom stereocenters. The molecule has 18 heavy (non-hydrogen) atoms. The van der Waals surface area contributed by atoms with Crippen LogP contribution in [-0.2, 0) is 11.3 Å². The van der Waals surface area contributed by atoms with Gasteiger partial charge in [0, 0.05) is 19.0 Å². The molecule has 0 atom stereocenters. The predicted octanol–water partition coefficient (Wildman–Crippen LogP) is 2.22. The minimum Gasteiger partial charge on any atom is -0.497 e. The third kappa shape index (κ3) is 2.45. The zero-order valence-electron chi connectivity index (χ0n) is 10.5. The van der Waals surface area contributed by atoms with E-state index < -0.39 is 5.97 Å². The Morgan fingerprint density at radius 3 is 2.94 bits per heavy atom. The van der Waals surface area contributed by atoms with Gasteiger partial charge in [-0.25, -0.2) is 4.98 Å². The molecule has 5 nitrogen and oxygen atoms in total. The Morgan fingerprint density at radius 2 is 2.28 bits per heavy atom. The van der Waals surface area contributed by atoms with Crippen molar-refractivity contribution in [3.63, 3.8) is 0 Å². The Labute approximate surface area is 105 Å². The van der Waals surface area contributed by atoms with Gasteiger partial charge in [0.1, 0.15) is 11.6 Å². The van der Waals surface area contributed by atoms with Crippen LogP contribution in [0.3, 0.4) is 0 Å². The van der Waals surface area contributed by atoms with Crippen molar-refractivity contribution in [1.29, 1.82) is 0 Å². The van der Waals surface area contributed by atoms with Crippen molar-refractivity contribution >= 4 is 17.0 Å². The van der Waals surface area contributed by atoms with E-state index in [9.17, 15) is 4.79 Å². The minimum absolute atomic E-state index is 0.176. The first-order chi connectivity index (χ1) is 8.61.